The maximum atomic E-state index is 13.3. The standard InChI is InChI=1S/C32H56N8O12S4.Ru/c41-53(42,43)21-19-20(22(54(44,45)46)24(56(50,51)52)23(21)55(47,48)49)32-39-30-18-12-6-4-10-16(18)28(37-30)35-26-14-8-2-1-7-13(14)25(33-26)34-27-15-9-3-5-11-17(15)29(36-27)38-31(19)40-32;/h13-40H,1-12H2,(H,41,42,43)(H,44,45,46)(H,47,48,49)(H,50,51,52);/q;+4/p-4. The van der Waals surface area contributed by atoms with Gasteiger partial charge in [0.1, 0.15) is 20.2 Å². The largest absolute Gasteiger partial charge is 4.00 e. The van der Waals surface area contributed by atoms with Gasteiger partial charge in [-0.05, 0) is 74.0 Å². The van der Waals surface area contributed by atoms with E-state index in [-0.39, 0.29) is 67.8 Å². The van der Waals surface area contributed by atoms with Crippen LogP contribution in [0.2, 0.25) is 0 Å². The molecule has 0 spiro atoms. The predicted molar refractivity (Wildman–Crippen MR) is 193 cm³/mol. The van der Waals surface area contributed by atoms with E-state index in [1.165, 1.54) is 0 Å². The monoisotopic (exact) mass is 970 g/mol. The number of nitrogens with one attached hydrogen (secondary N) is 8. The smallest absolute Gasteiger partial charge is 0.748 e. The Labute approximate surface area is 347 Å². The Morgan fingerprint density at radius 3 is 0.667 bits per heavy atom. The van der Waals surface area contributed by atoms with Crippen LogP contribution in [0.5, 0.6) is 0 Å². The van der Waals surface area contributed by atoms with Gasteiger partial charge in [-0.1, -0.05) is 38.5 Å². The van der Waals surface area contributed by atoms with Gasteiger partial charge in [0.2, 0.25) is 0 Å². The summed E-state index contributed by atoms with van der Waals surface area (Å²) in [6.07, 6.45) is 6.60. The SMILES string of the molecule is O=S(=O)([O-])C1C2C3NC4NC(NC5NC(NC6NC(NC(N3)C2C(S(=O)(=O)[O-])C(S(=O)(=O)[O-])C1S(=O)(=O)[O-])C1CCCCC61)C1CCCCC51)C1CCCCC41.[Ru+4]. The fraction of sp³-hybridized carbons (Fsp3) is 1.00. The van der Waals surface area contributed by atoms with Crippen LogP contribution in [0.1, 0.15) is 77.0 Å². The Balaban J connectivity index is 0.00000455. The Bertz CT molecular complexity index is 1850. The molecule has 9 aliphatic rings. The molecule has 5 aliphatic heterocycles. The van der Waals surface area contributed by atoms with Gasteiger partial charge in [-0.2, -0.15) is 0 Å². The first kappa shape index (κ1) is 43.6. The zero-order chi connectivity index (χ0) is 39.7. The molecule has 0 aromatic rings. The van der Waals surface area contributed by atoms with E-state index in [1.807, 2.05) is 0 Å². The van der Waals surface area contributed by atoms with E-state index < -0.39 is 98.0 Å². The molecule has 0 radical (unpaired) electrons. The molecule has 5 saturated heterocycles. The van der Waals surface area contributed by atoms with E-state index in [9.17, 15) is 51.9 Å². The molecule has 5 heterocycles. The van der Waals surface area contributed by atoms with Gasteiger partial charge in [0.25, 0.3) is 0 Å². The van der Waals surface area contributed by atoms with Crippen molar-refractivity contribution >= 4 is 40.5 Å². The fourth-order valence-electron chi connectivity index (χ4n) is 13.4. The minimum atomic E-state index is -6.22. The van der Waals surface area contributed by atoms with Gasteiger partial charge in [-0.25, -0.2) is 33.7 Å². The number of fused-ring (bicyclic) bond motifs is 20. The Hall–Kier alpha value is -0.0566. The third kappa shape index (κ3) is 7.75. The maximum absolute atomic E-state index is 13.3. The van der Waals surface area contributed by atoms with Crippen LogP contribution in [-0.4, -0.2) is 122 Å². The van der Waals surface area contributed by atoms with Crippen molar-refractivity contribution in [3.05, 3.63) is 0 Å². The first-order chi connectivity index (χ1) is 26.3. The van der Waals surface area contributed by atoms with Crippen molar-refractivity contribution < 1.29 is 71.4 Å². The molecule has 20 atom stereocenters. The van der Waals surface area contributed by atoms with E-state index in [0.29, 0.717) is 11.8 Å². The molecule has 0 aromatic heterocycles. The predicted octanol–water partition coefficient (Wildman–Crippen LogP) is -3.30. The molecule has 0 aromatic carbocycles. The van der Waals surface area contributed by atoms with Crippen LogP contribution in [0.25, 0.3) is 0 Å². The van der Waals surface area contributed by atoms with Gasteiger partial charge in [-0.3, -0.25) is 42.5 Å². The third-order valence-corrected chi connectivity index (χ3v) is 20.9. The molecular formula is C32H52N8O12RuS4. The van der Waals surface area contributed by atoms with Crippen LogP contribution in [0.15, 0.2) is 0 Å². The van der Waals surface area contributed by atoms with E-state index >= 15 is 0 Å². The first-order valence-electron chi connectivity index (χ1n) is 20.2. The summed E-state index contributed by atoms with van der Waals surface area (Å²) in [6.45, 7) is 0. The van der Waals surface area contributed by atoms with Crippen molar-refractivity contribution in [3.8, 4) is 0 Å². The summed E-state index contributed by atoms with van der Waals surface area (Å²) in [5, 5.41) is 16.2. The summed E-state index contributed by atoms with van der Waals surface area (Å²) in [6, 6.07) is 0. The van der Waals surface area contributed by atoms with Crippen LogP contribution in [-0.2, 0) is 60.0 Å². The molecule has 8 bridgehead atoms. The van der Waals surface area contributed by atoms with Gasteiger partial charge in [-0.15, -0.1) is 0 Å². The average molecular weight is 970 g/mol. The molecule has 8 N–H and O–H groups in total. The number of hydrogen-bond acceptors (Lipinski definition) is 20. The van der Waals surface area contributed by atoms with E-state index in [0.717, 1.165) is 77.0 Å². The van der Waals surface area contributed by atoms with Gasteiger partial charge in [0.05, 0.1) is 90.6 Å². The number of rotatable bonds is 4. The van der Waals surface area contributed by atoms with E-state index in [4.69, 9.17) is 0 Å². The second kappa shape index (κ2) is 15.6. The first-order valence-corrected chi connectivity index (χ1v) is 26.1. The normalized spacial score (nSPS) is 50.2. The molecule has 9 rings (SSSR count). The zero-order valence-corrected chi connectivity index (χ0v) is 35.9. The summed E-state index contributed by atoms with van der Waals surface area (Å²) in [4.78, 5) is 0. The van der Waals surface area contributed by atoms with Crippen molar-refractivity contribution in [2.24, 2.45) is 47.3 Å². The zero-order valence-electron chi connectivity index (χ0n) is 30.9. The molecule has 324 valence electrons. The van der Waals surface area contributed by atoms with Crippen molar-refractivity contribution in [2.75, 3.05) is 0 Å². The number of hydrogen-bond donors (Lipinski definition) is 8. The second-order valence-corrected chi connectivity index (χ2v) is 24.1. The van der Waals surface area contributed by atoms with Gasteiger partial charge in [0.15, 0.2) is 0 Å². The molecule has 25 heteroatoms. The minimum Gasteiger partial charge on any atom is -0.748 e. The topological polar surface area (TPSA) is 325 Å². The fourth-order valence-corrected chi connectivity index (χ4v) is 20.5. The molecule has 57 heavy (non-hydrogen) atoms. The molecule has 4 saturated carbocycles. The summed E-state index contributed by atoms with van der Waals surface area (Å²) >= 11 is 0. The van der Waals surface area contributed by atoms with Crippen molar-refractivity contribution in [1.82, 2.24) is 42.5 Å². The molecule has 0 amide bonds. The quantitative estimate of drug-likeness (QED) is 0.101. The van der Waals surface area contributed by atoms with Crippen LogP contribution in [0.3, 0.4) is 0 Å². The van der Waals surface area contributed by atoms with Crippen LogP contribution >= 0.6 is 0 Å². The van der Waals surface area contributed by atoms with Crippen molar-refractivity contribution in [1.29, 1.82) is 0 Å². The third-order valence-electron chi connectivity index (χ3n) is 15.3. The van der Waals surface area contributed by atoms with Gasteiger partial charge >= 0.3 is 19.5 Å². The summed E-state index contributed by atoms with van der Waals surface area (Å²) in [5.41, 5.74) is 0. The Kier molecular flexibility index (Phi) is 12.0. The maximum Gasteiger partial charge on any atom is 4.00 e. The molecule has 9 fully saturated rings. The summed E-state index contributed by atoms with van der Waals surface area (Å²) in [5.74, 6) is -3.14. The van der Waals surface area contributed by atoms with E-state index in [1.54, 1.807) is 0 Å². The van der Waals surface area contributed by atoms with Crippen LogP contribution in [0.4, 0.5) is 0 Å². The van der Waals surface area contributed by atoms with E-state index in [2.05, 4.69) is 42.5 Å². The van der Waals surface area contributed by atoms with Crippen molar-refractivity contribution in [2.45, 2.75) is 147 Å². The Morgan fingerprint density at radius 2 is 0.474 bits per heavy atom. The molecule has 20 unspecified atom stereocenters. The summed E-state index contributed by atoms with van der Waals surface area (Å²) < 4.78 is 157. The van der Waals surface area contributed by atoms with Gasteiger partial charge < -0.3 is 18.2 Å². The van der Waals surface area contributed by atoms with Crippen LogP contribution < -0.4 is 42.5 Å². The average Bonchev–Trinajstić information content (AvgIpc) is 3.84. The summed E-state index contributed by atoms with van der Waals surface area (Å²) in [7, 11) is -24.4. The van der Waals surface area contributed by atoms with Crippen LogP contribution in [0, 0.1) is 47.3 Å². The van der Waals surface area contributed by atoms with Crippen molar-refractivity contribution in [3.63, 3.8) is 0 Å². The molecule has 20 nitrogen and oxygen atoms in total. The minimum absolute atomic E-state index is 0. The Morgan fingerprint density at radius 1 is 0.298 bits per heavy atom. The second-order valence-electron chi connectivity index (χ2n) is 18.0. The molecular weight excluding hydrogens is 918 g/mol. The van der Waals surface area contributed by atoms with Gasteiger partial charge in [0, 0.05) is 11.8 Å². The molecule has 4 aliphatic carbocycles.